The molecule has 0 unspecified atom stereocenters. The van der Waals surface area contributed by atoms with E-state index in [2.05, 4.69) is 21.2 Å². The zero-order valence-corrected chi connectivity index (χ0v) is 23.4. The van der Waals surface area contributed by atoms with Crippen molar-refractivity contribution in [2.45, 2.75) is 6.92 Å². The fraction of sp³-hybridized carbons (Fsp3) is 0.100. The molecule has 4 aromatic rings. The van der Waals surface area contributed by atoms with E-state index in [1.165, 1.54) is 31.4 Å². The lowest BCUT2D eigenvalue weighted by Crippen LogP contribution is -2.14. The van der Waals surface area contributed by atoms with Gasteiger partial charge in [-0.1, -0.05) is 36.4 Å². The van der Waals surface area contributed by atoms with Crippen LogP contribution < -0.4 is 19.5 Å². The minimum atomic E-state index is -0.860. The Bertz CT molecular complexity index is 1740. The monoisotopic (exact) mass is 615 g/mol. The number of esters is 1. The number of nitriles is 1. The molecule has 0 aliphatic rings. The number of ether oxygens (including phenoxy) is 3. The molecule has 0 aromatic heterocycles. The number of rotatable bonds is 9. The van der Waals surface area contributed by atoms with Crippen molar-refractivity contribution in [3.8, 4) is 23.3 Å². The molecule has 4 rings (SSSR count). The van der Waals surface area contributed by atoms with Gasteiger partial charge in [0, 0.05) is 0 Å². The number of methoxy groups -OCH3 is 1. The number of nitro benzene ring substituents is 1. The molecule has 41 heavy (non-hydrogen) atoms. The van der Waals surface area contributed by atoms with E-state index in [1.807, 2.05) is 36.4 Å². The van der Waals surface area contributed by atoms with Crippen molar-refractivity contribution in [2.24, 2.45) is 0 Å². The van der Waals surface area contributed by atoms with Crippen LogP contribution in [0.2, 0.25) is 0 Å². The number of carbonyl (C=O) groups excluding carboxylic acids is 2. The summed E-state index contributed by atoms with van der Waals surface area (Å²) in [6.07, 6.45) is 1.29. The Morgan fingerprint density at radius 1 is 1.10 bits per heavy atom. The summed E-state index contributed by atoms with van der Waals surface area (Å²) in [5.74, 6) is -0.893. The van der Waals surface area contributed by atoms with Crippen LogP contribution in [0.25, 0.3) is 16.8 Å². The van der Waals surface area contributed by atoms with Crippen LogP contribution in [0, 0.1) is 21.4 Å². The van der Waals surface area contributed by atoms with Crippen LogP contribution in [0.4, 0.5) is 11.4 Å². The highest BCUT2D eigenvalue weighted by Gasteiger charge is 2.21. The Kier molecular flexibility index (Phi) is 8.96. The number of nitrogens with zero attached hydrogens (tertiary/aromatic N) is 2. The molecule has 0 bridgehead atoms. The summed E-state index contributed by atoms with van der Waals surface area (Å²) in [5, 5.41) is 25.2. The molecule has 0 saturated carbocycles. The van der Waals surface area contributed by atoms with Gasteiger partial charge >= 0.3 is 5.97 Å². The number of fused-ring (bicyclic) bond motifs is 1. The quantitative estimate of drug-likeness (QED) is 0.0548. The summed E-state index contributed by atoms with van der Waals surface area (Å²) >= 11 is 3.40. The van der Waals surface area contributed by atoms with Crippen molar-refractivity contribution in [3.63, 3.8) is 0 Å². The molecule has 4 aromatic carbocycles. The molecule has 10 nitrogen and oxygen atoms in total. The highest BCUT2D eigenvalue weighted by molar-refractivity contribution is 9.10. The Hall–Kier alpha value is -5.21. The molecule has 0 saturated heterocycles. The van der Waals surface area contributed by atoms with Gasteiger partial charge in [-0.15, -0.1) is 0 Å². The standard InChI is InChI=1S/C30H22BrN3O7/c1-3-40-27-15-18(13-20(17-32)29(35)33-25-12-11-21(39-2)16-26(25)34(37)38)14-24(31)28(27)41-30(36)23-10-6-8-19-7-4-5-9-22(19)23/h4-16H,3H2,1-2H3,(H,33,35)/b20-13+. The Morgan fingerprint density at radius 2 is 1.85 bits per heavy atom. The first-order valence-electron chi connectivity index (χ1n) is 12.2. The third kappa shape index (κ3) is 6.51. The number of anilines is 1. The van der Waals surface area contributed by atoms with Gasteiger partial charge in [0.15, 0.2) is 11.5 Å². The second-order valence-electron chi connectivity index (χ2n) is 8.44. The molecule has 0 radical (unpaired) electrons. The third-order valence-corrected chi connectivity index (χ3v) is 6.45. The maximum atomic E-state index is 13.2. The van der Waals surface area contributed by atoms with Gasteiger partial charge in [-0.2, -0.15) is 5.26 Å². The number of carbonyl (C=O) groups is 2. The molecular weight excluding hydrogens is 594 g/mol. The topological polar surface area (TPSA) is 141 Å². The number of benzene rings is 4. The van der Waals surface area contributed by atoms with Crippen LogP contribution in [0.15, 0.2) is 82.8 Å². The Balaban J connectivity index is 1.64. The lowest BCUT2D eigenvalue weighted by Gasteiger charge is -2.14. The molecule has 0 spiro atoms. The van der Waals surface area contributed by atoms with Crippen LogP contribution in [-0.4, -0.2) is 30.5 Å². The average molecular weight is 616 g/mol. The van der Waals surface area contributed by atoms with E-state index in [1.54, 1.807) is 25.1 Å². The van der Waals surface area contributed by atoms with Gasteiger partial charge in [-0.05, 0) is 75.6 Å². The second kappa shape index (κ2) is 12.8. The minimum Gasteiger partial charge on any atom is -0.496 e. The van der Waals surface area contributed by atoms with E-state index in [4.69, 9.17) is 14.2 Å². The van der Waals surface area contributed by atoms with Crippen LogP contribution in [-0.2, 0) is 4.79 Å². The lowest BCUT2D eigenvalue weighted by atomic mass is 10.0. The first kappa shape index (κ1) is 28.8. The predicted molar refractivity (Wildman–Crippen MR) is 156 cm³/mol. The van der Waals surface area contributed by atoms with Crippen molar-refractivity contribution >= 4 is 56.0 Å². The first-order valence-corrected chi connectivity index (χ1v) is 13.0. The van der Waals surface area contributed by atoms with E-state index in [-0.39, 0.29) is 35.1 Å². The number of amides is 1. The summed E-state index contributed by atoms with van der Waals surface area (Å²) in [5.41, 5.74) is -0.0776. The molecule has 11 heteroatoms. The predicted octanol–water partition coefficient (Wildman–Crippen LogP) is 6.68. The summed E-state index contributed by atoms with van der Waals surface area (Å²) < 4.78 is 16.8. The number of nitrogens with one attached hydrogen (secondary N) is 1. The first-order chi connectivity index (χ1) is 19.7. The fourth-order valence-electron chi connectivity index (χ4n) is 3.98. The van der Waals surface area contributed by atoms with Gasteiger partial charge in [0.25, 0.3) is 11.6 Å². The molecule has 0 heterocycles. The van der Waals surface area contributed by atoms with Crippen LogP contribution in [0.3, 0.4) is 0 Å². The summed E-state index contributed by atoms with van der Waals surface area (Å²) in [7, 11) is 1.36. The van der Waals surface area contributed by atoms with Crippen molar-refractivity contribution in [1.82, 2.24) is 0 Å². The van der Waals surface area contributed by atoms with Gasteiger partial charge in [0.2, 0.25) is 0 Å². The van der Waals surface area contributed by atoms with E-state index in [0.29, 0.717) is 15.6 Å². The SMILES string of the molecule is CCOc1cc(/C=C(\C#N)C(=O)Nc2ccc(OC)cc2[N+](=O)[O-])cc(Br)c1OC(=O)c1cccc2ccccc12. The Labute approximate surface area is 243 Å². The van der Waals surface area contributed by atoms with Gasteiger partial charge in [0.1, 0.15) is 23.1 Å². The molecular formula is C30H22BrN3O7. The van der Waals surface area contributed by atoms with Gasteiger partial charge < -0.3 is 19.5 Å². The third-order valence-electron chi connectivity index (χ3n) is 5.86. The normalized spacial score (nSPS) is 10.9. The number of hydrogen-bond acceptors (Lipinski definition) is 8. The van der Waals surface area contributed by atoms with E-state index < -0.39 is 22.5 Å². The maximum Gasteiger partial charge on any atom is 0.344 e. The average Bonchev–Trinajstić information content (AvgIpc) is 2.97. The summed E-state index contributed by atoms with van der Waals surface area (Å²) in [6, 6.07) is 21.5. The molecule has 0 fully saturated rings. The van der Waals surface area contributed by atoms with Crippen molar-refractivity contribution in [3.05, 3.63) is 104 Å². The summed E-state index contributed by atoms with van der Waals surface area (Å²) in [6.45, 7) is 1.99. The number of halogens is 1. The minimum absolute atomic E-state index is 0.103. The second-order valence-corrected chi connectivity index (χ2v) is 9.30. The zero-order chi connectivity index (χ0) is 29.5. The van der Waals surface area contributed by atoms with Crippen LogP contribution >= 0.6 is 15.9 Å². The van der Waals surface area contributed by atoms with E-state index in [0.717, 1.165) is 16.8 Å². The van der Waals surface area contributed by atoms with Crippen molar-refractivity contribution in [1.29, 1.82) is 5.26 Å². The molecule has 1 N–H and O–H groups in total. The molecule has 1 amide bonds. The fourth-order valence-corrected chi connectivity index (χ4v) is 4.53. The van der Waals surface area contributed by atoms with Crippen LogP contribution in [0.5, 0.6) is 17.2 Å². The number of hydrogen-bond donors (Lipinski definition) is 1. The van der Waals surface area contributed by atoms with Gasteiger partial charge in [-0.25, -0.2) is 4.79 Å². The lowest BCUT2D eigenvalue weighted by molar-refractivity contribution is -0.384. The van der Waals surface area contributed by atoms with Gasteiger partial charge in [-0.3, -0.25) is 14.9 Å². The largest absolute Gasteiger partial charge is 0.496 e. The molecule has 0 atom stereocenters. The van der Waals surface area contributed by atoms with E-state index >= 15 is 0 Å². The highest BCUT2D eigenvalue weighted by atomic mass is 79.9. The maximum absolute atomic E-state index is 13.2. The highest BCUT2D eigenvalue weighted by Crippen LogP contribution is 2.38. The van der Waals surface area contributed by atoms with Crippen LogP contribution in [0.1, 0.15) is 22.8 Å². The van der Waals surface area contributed by atoms with Crippen molar-refractivity contribution < 1.29 is 28.7 Å². The zero-order valence-electron chi connectivity index (χ0n) is 21.8. The number of nitro groups is 1. The van der Waals surface area contributed by atoms with E-state index in [9.17, 15) is 25.0 Å². The van der Waals surface area contributed by atoms with Crippen molar-refractivity contribution in [2.75, 3.05) is 19.0 Å². The molecule has 0 aliphatic heterocycles. The summed E-state index contributed by atoms with van der Waals surface area (Å²) in [4.78, 5) is 36.8. The van der Waals surface area contributed by atoms with Gasteiger partial charge in [0.05, 0.1) is 34.7 Å². The smallest absolute Gasteiger partial charge is 0.344 e. The Morgan fingerprint density at radius 3 is 2.56 bits per heavy atom. The molecule has 0 aliphatic carbocycles. The molecule has 206 valence electrons.